The first kappa shape index (κ1) is 24.2. The number of ether oxygens (including phenoxy) is 2. The maximum absolute atomic E-state index is 14.8. The van der Waals surface area contributed by atoms with Gasteiger partial charge in [0.1, 0.15) is 12.9 Å². The zero-order chi connectivity index (χ0) is 24.1. The molecule has 9 heteroatoms. The van der Waals surface area contributed by atoms with Crippen LogP contribution < -0.4 is 4.74 Å². The maximum Gasteiger partial charge on any atom is 0.409 e. The Labute approximate surface area is 199 Å². The van der Waals surface area contributed by atoms with Gasteiger partial charge in [-0.25, -0.2) is 9.78 Å². The Morgan fingerprint density at radius 3 is 2.76 bits per heavy atom. The average Bonchev–Trinajstić information content (AvgIpc) is 3.48. The summed E-state index contributed by atoms with van der Waals surface area (Å²) in [5.41, 5.74) is 1.61. The van der Waals surface area contributed by atoms with Gasteiger partial charge in [-0.2, -0.15) is 9.49 Å². The van der Waals surface area contributed by atoms with E-state index in [0.717, 1.165) is 38.4 Å². The van der Waals surface area contributed by atoms with Gasteiger partial charge in [0.05, 0.1) is 23.7 Å². The minimum absolute atomic E-state index is 0.0103. The molecular formula is C25H33FN4O4. The average molecular weight is 473 g/mol. The quantitative estimate of drug-likeness (QED) is 0.415. The molecule has 2 aliphatic rings. The summed E-state index contributed by atoms with van der Waals surface area (Å²) >= 11 is 0. The second-order valence-electron chi connectivity index (χ2n) is 9.50. The summed E-state index contributed by atoms with van der Waals surface area (Å²) < 4.78 is 27.7. The second-order valence-corrected chi connectivity index (χ2v) is 9.50. The van der Waals surface area contributed by atoms with Gasteiger partial charge in [-0.05, 0) is 56.6 Å². The lowest BCUT2D eigenvalue weighted by Gasteiger charge is -2.26. The van der Waals surface area contributed by atoms with Crippen LogP contribution in [-0.4, -0.2) is 51.7 Å². The zero-order valence-electron chi connectivity index (χ0n) is 19.9. The molecule has 2 aliphatic carbocycles. The van der Waals surface area contributed by atoms with E-state index in [0.29, 0.717) is 35.8 Å². The third kappa shape index (κ3) is 5.74. The van der Waals surface area contributed by atoms with Gasteiger partial charge >= 0.3 is 6.09 Å². The van der Waals surface area contributed by atoms with Crippen LogP contribution in [0.15, 0.2) is 18.3 Å². The third-order valence-corrected chi connectivity index (χ3v) is 6.96. The number of hydrogen-bond acceptors (Lipinski definition) is 6. The first-order valence-electron chi connectivity index (χ1n) is 12.1. The molecule has 4 rings (SSSR count). The molecule has 0 bridgehead atoms. The van der Waals surface area contributed by atoms with Crippen LogP contribution in [0.25, 0.3) is 11.3 Å². The Morgan fingerprint density at radius 1 is 1.24 bits per heavy atom. The number of nitrogens with zero attached hydrogens (tertiary/aromatic N) is 4. The summed E-state index contributed by atoms with van der Waals surface area (Å²) in [5.74, 6) is -0.137. The number of hydrogen-bond donors (Lipinski definition) is 0. The van der Waals surface area contributed by atoms with Crippen molar-refractivity contribution in [3.8, 4) is 17.0 Å². The summed E-state index contributed by atoms with van der Waals surface area (Å²) in [7, 11) is 3.50. The molecule has 0 aliphatic heterocycles. The summed E-state index contributed by atoms with van der Waals surface area (Å²) in [6.45, 7) is 0.705. The molecule has 0 N–H and O–H groups in total. The minimum atomic E-state index is -0.714. The van der Waals surface area contributed by atoms with Gasteiger partial charge < -0.3 is 19.2 Å². The van der Waals surface area contributed by atoms with Crippen LogP contribution in [0.3, 0.4) is 0 Å². The van der Waals surface area contributed by atoms with Crippen molar-refractivity contribution in [1.29, 1.82) is 0 Å². The number of halogens is 1. The highest BCUT2D eigenvalue weighted by Crippen LogP contribution is 2.30. The van der Waals surface area contributed by atoms with Gasteiger partial charge in [-0.3, -0.25) is 4.68 Å². The Bertz CT molecular complexity index is 1000. The van der Waals surface area contributed by atoms with E-state index in [1.165, 1.54) is 12.8 Å². The fraction of sp³-hybridized carbons (Fsp3) is 0.600. The molecule has 0 radical (unpaired) electrons. The SMILES string of the molecule is CN(CC1CCCC1)C(=O)OCc1c(-c2ccc(OC3CCC[C@H](C=O)C3)c(F)n2)cnn1C. The first-order valence-corrected chi connectivity index (χ1v) is 12.1. The van der Waals surface area contributed by atoms with Gasteiger partial charge in [0.15, 0.2) is 5.75 Å². The molecule has 34 heavy (non-hydrogen) atoms. The maximum atomic E-state index is 14.8. The normalized spacial score (nSPS) is 20.8. The van der Waals surface area contributed by atoms with Crippen molar-refractivity contribution in [3.63, 3.8) is 0 Å². The summed E-state index contributed by atoms with van der Waals surface area (Å²) in [4.78, 5) is 29.3. The van der Waals surface area contributed by atoms with Crippen molar-refractivity contribution in [3.05, 3.63) is 30.0 Å². The van der Waals surface area contributed by atoms with Crippen molar-refractivity contribution < 1.29 is 23.5 Å². The molecule has 2 aromatic rings. The standard InChI is InChI=1S/C25H33FN4O4/c1-29(14-17-6-3-4-7-17)25(32)33-16-22-20(13-27-30(22)2)21-10-11-23(24(26)28-21)34-19-9-5-8-18(12-19)15-31/h10-11,13,15,17-19H,3-9,12,14,16H2,1-2H3/t18-,19?/m0/s1. The Morgan fingerprint density at radius 2 is 2.03 bits per heavy atom. The molecule has 0 aromatic carbocycles. The molecule has 0 spiro atoms. The van der Waals surface area contributed by atoms with Gasteiger partial charge in [0, 0.05) is 32.1 Å². The molecule has 2 atom stereocenters. The van der Waals surface area contributed by atoms with E-state index in [9.17, 15) is 14.0 Å². The van der Waals surface area contributed by atoms with E-state index >= 15 is 0 Å². The van der Waals surface area contributed by atoms with E-state index < -0.39 is 5.95 Å². The fourth-order valence-corrected chi connectivity index (χ4v) is 4.99. The van der Waals surface area contributed by atoms with Crippen LogP contribution >= 0.6 is 0 Å². The van der Waals surface area contributed by atoms with Crippen molar-refractivity contribution in [2.75, 3.05) is 13.6 Å². The van der Waals surface area contributed by atoms with Crippen molar-refractivity contribution in [1.82, 2.24) is 19.7 Å². The van der Waals surface area contributed by atoms with Gasteiger partial charge in [-0.1, -0.05) is 12.8 Å². The highest BCUT2D eigenvalue weighted by Gasteiger charge is 2.25. The number of aromatic nitrogens is 3. The highest BCUT2D eigenvalue weighted by atomic mass is 19.1. The monoisotopic (exact) mass is 472 g/mol. The molecule has 1 unspecified atom stereocenters. The van der Waals surface area contributed by atoms with Gasteiger partial charge in [0.2, 0.25) is 0 Å². The number of amides is 1. The van der Waals surface area contributed by atoms with Gasteiger partial charge in [-0.15, -0.1) is 0 Å². The number of aryl methyl sites for hydroxylation is 1. The van der Waals surface area contributed by atoms with E-state index in [1.54, 1.807) is 42.0 Å². The first-order chi connectivity index (χ1) is 16.4. The lowest BCUT2D eigenvalue weighted by atomic mass is 9.88. The van der Waals surface area contributed by atoms with Crippen molar-refractivity contribution >= 4 is 12.4 Å². The van der Waals surface area contributed by atoms with Crippen LogP contribution in [0.1, 0.15) is 57.1 Å². The Hall–Kier alpha value is -2.97. The predicted octanol–water partition coefficient (Wildman–Crippen LogP) is 4.52. The molecule has 8 nitrogen and oxygen atoms in total. The van der Waals surface area contributed by atoms with Crippen LogP contribution in [0.5, 0.6) is 5.75 Å². The molecule has 2 aromatic heterocycles. The molecule has 2 heterocycles. The molecule has 2 fully saturated rings. The number of carbonyl (C=O) groups excluding carboxylic acids is 2. The largest absolute Gasteiger partial charge is 0.486 e. The number of rotatable bonds is 8. The zero-order valence-corrected chi connectivity index (χ0v) is 19.9. The smallest absolute Gasteiger partial charge is 0.409 e. The lowest BCUT2D eigenvalue weighted by Crippen LogP contribution is -2.31. The van der Waals surface area contributed by atoms with Crippen LogP contribution in [0, 0.1) is 17.8 Å². The fourth-order valence-electron chi connectivity index (χ4n) is 4.99. The molecule has 0 saturated heterocycles. The third-order valence-electron chi connectivity index (χ3n) is 6.96. The van der Waals surface area contributed by atoms with E-state index in [2.05, 4.69) is 10.1 Å². The number of carbonyl (C=O) groups is 2. The Balaban J connectivity index is 1.40. The van der Waals surface area contributed by atoms with E-state index in [4.69, 9.17) is 9.47 Å². The van der Waals surface area contributed by atoms with Crippen LogP contribution in [0.2, 0.25) is 0 Å². The molecule has 1 amide bonds. The topological polar surface area (TPSA) is 86.6 Å². The highest BCUT2D eigenvalue weighted by molar-refractivity contribution is 5.68. The van der Waals surface area contributed by atoms with E-state index in [-0.39, 0.29) is 30.5 Å². The van der Waals surface area contributed by atoms with Crippen molar-refractivity contribution in [2.45, 2.75) is 64.1 Å². The lowest BCUT2D eigenvalue weighted by molar-refractivity contribution is -0.112. The van der Waals surface area contributed by atoms with Crippen LogP contribution in [0.4, 0.5) is 9.18 Å². The summed E-state index contributed by atoms with van der Waals surface area (Å²) in [6, 6.07) is 3.23. The molecule has 2 saturated carbocycles. The van der Waals surface area contributed by atoms with Crippen LogP contribution in [-0.2, 0) is 23.2 Å². The minimum Gasteiger partial charge on any atom is -0.486 e. The van der Waals surface area contributed by atoms with Gasteiger partial charge in [0.25, 0.3) is 5.95 Å². The number of aldehydes is 1. The van der Waals surface area contributed by atoms with Crippen molar-refractivity contribution in [2.24, 2.45) is 18.9 Å². The Kier molecular flexibility index (Phi) is 7.80. The molecular weight excluding hydrogens is 439 g/mol. The second kappa shape index (κ2) is 11.0. The van der Waals surface area contributed by atoms with E-state index in [1.807, 2.05) is 0 Å². The summed E-state index contributed by atoms with van der Waals surface area (Å²) in [6.07, 6.45) is 9.83. The number of pyridine rings is 1. The summed E-state index contributed by atoms with van der Waals surface area (Å²) in [5, 5.41) is 4.25. The predicted molar refractivity (Wildman–Crippen MR) is 124 cm³/mol. The molecule has 184 valence electrons.